The number of ether oxygens (including phenoxy) is 1. The van der Waals surface area contributed by atoms with E-state index in [0.717, 1.165) is 0 Å². The van der Waals surface area contributed by atoms with Crippen LogP contribution in [0.5, 0.6) is 0 Å². The molecule has 0 aromatic carbocycles. The van der Waals surface area contributed by atoms with Crippen LogP contribution < -0.4 is 0 Å². The van der Waals surface area contributed by atoms with E-state index in [0.29, 0.717) is 24.9 Å². The Morgan fingerprint density at radius 2 is 2.08 bits per heavy atom. The topological polar surface area (TPSA) is 26.3 Å². The van der Waals surface area contributed by atoms with E-state index < -0.39 is 0 Å². The number of carbonyl (C=O) groups excluding carboxylic acids is 1. The normalized spacial score (nSPS) is 13.6. The van der Waals surface area contributed by atoms with Gasteiger partial charge in [0.1, 0.15) is 0 Å². The van der Waals surface area contributed by atoms with Crippen molar-refractivity contribution in [1.29, 1.82) is 0 Å². The number of carbonyl (C=O) groups is 1. The highest BCUT2D eigenvalue weighted by Crippen LogP contribution is 2.17. The molecule has 0 bridgehead atoms. The van der Waals surface area contributed by atoms with Crippen LogP contribution in [0.25, 0.3) is 0 Å². The molecule has 0 heterocycles. The van der Waals surface area contributed by atoms with E-state index in [-0.39, 0.29) is 5.97 Å². The molecule has 0 aromatic rings. The molecule has 0 rings (SSSR count). The lowest BCUT2D eigenvalue weighted by molar-refractivity contribution is -0.144. The van der Waals surface area contributed by atoms with Crippen molar-refractivity contribution in [1.82, 2.24) is 0 Å². The zero-order valence-corrected chi connectivity index (χ0v) is 9.04. The molecule has 0 saturated heterocycles. The minimum Gasteiger partial charge on any atom is -0.466 e. The first-order chi connectivity index (χ1) is 6.11. The second kappa shape index (κ2) is 6.70. The minimum atomic E-state index is -0.0979. The number of esters is 1. The van der Waals surface area contributed by atoms with Gasteiger partial charge in [-0.15, -0.1) is 0 Å². The average Bonchev–Trinajstić information content (AvgIpc) is 2.04. The van der Waals surface area contributed by atoms with Gasteiger partial charge >= 0.3 is 5.97 Å². The van der Waals surface area contributed by atoms with Gasteiger partial charge in [0.05, 0.1) is 13.0 Å². The van der Waals surface area contributed by atoms with Crippen LogP contribution in [0, 0.1) is 11.8 Å². The summed E-state index contributed by atoms with van der Waals surface area (Å²) in [5, 5.41) is 0. The fraction of sp³-hybridized carbons (Fsp3) is 0.727. The zero-order valence-electron chi connectivity index (χ0n) is 9.04. The number of allylic oxidation sites excluding steroid dienone is 2. The van der Waals surface area contributed by atoms with Crippen molar-refractivity contribution < 1.29 is 9.53 Å². The maximum absolute atomic E-state index is 11.2. The van der Waals surface area contributed by atoms with Gasteiger partial charge < -0.3 is 4.74 Å². The number of hydrogen-bond donors (Lipinski definition) is 0. The van der Waals surface area contributed by atoms with E-state index in [4.69, 9.17) is 4.74 Å². The van der Waals surface area contributed by atoms with Crippen LogP contribution >= 0.6 is 0 Å². The summed E-state index contributed by atoms with van der Waals surface area (Å²) in [5.41, 5.74) is 0. The molecule has 0 N–H and O–H groups in total. The van der Waals surface area contributed by atoms with Crippen molar-refractivity contribution in [3.63, 3.8) is 0 Å². The smallest absolute Gasteiger partial charge is 0.306 e. The Bertz CT molecular complexity index is 171. The summed E-state index contributed by atoms with van der Waals surface area (Å²) in [7, 11) is 0. The third-order valence-corrected chi connectivity index (χ3v) is 2.00. The summed E-state index contributed by atoms with van der Waals surface area (Å²) in [6.07, 6.45) is 4.56. The predicted molar refractivity (Wildman–Crippen MR) is 54.4 cm³/mol. The van der Waals surface area contributed by atoms with Crippen molar-refractivity contribution in [2.24, 2.45) is 11.8 Å². The molecule has 0 amide bonds. The average molecular weight is 184 g/mol. The summed E-state index contributed by atoms with van der Waals surface area (Å²) < 4.78 is 4.90. The Kier molecular flexibility index (Phi) is 6.29. The molecule has 76 valence electrons. The van der Waals surface area contributed by atoms with Crippen molar-refractivity contribution in [2.75, 3.05) is 6.61 Å². The first kappa shape index (κ1) is 12.2. The maximum atomic E-state index is 11.2. The molecular formula is C11H20O2. The molecule has 0 aromatic heterocycles. The molecule has 1 unspecified atom stereocenters. The van der Waals surface area contributed by atoms with Crippen molar-refractivity contribution in [3.8, 4) is 0 Å². The van der Waals surface area contributed by atoms with E-state index in [1.165, 1.54) is 0 Å². The maximum Gasteiger partial charge on any atom is 0.306 e. The van der Waals surface area contributed by atoms with E-state index in [2.05, 4.69) is 19.9 Å². The Labute approximate surface area is 81.0 Å². The third kappa shape index (κ3) is 5.45. The molecule has 0 radical (unpaired) electrons. The summed E-state index contributed by atoms with van der Waals surface area (Å²) in [4.78, 5) is 11.2. The molecule has 2 nitrogen and oxygen atoms in total. The van der Waals surface area contributed by atoms with Gasteiger partial charge in [0.15, 0.2) is 0 Å². The molecule has 0 aliphatic carbocycles. The van der Waals surface area contributed by atoms with E-state index in [1.54, 1.807) is 0 Å². The lowest BCUT2D eigenvalue weighted by Gasteiger charge is -2.15. The monoisotopic (exact) mass is 184 g/mol. The molecule has 1 atom stereocenters. The standard InChI is InChI=1S/C11H20O2/c1-5-7-10(9(3)4)8-11(12)13-6-2/h5,7,9-10H,6,8H2,1-4H3/b7-5+. The highest BCUT2D eigenvalue weighted by Gasteiger charge is 2.14. The molecule has 13 heavy (non-hydrogen) atoms. The van der Waals surface area contributed by atoms with Gasteiger partial charge in [-0.2, -0.15) is 0 Å². The zero-order chi connectivity index (χ0) is 10.3. The minimum absolute atomic E-state index is 0.0979. The largest absolute Gasteiger partial charge is 0.466 e. The van der Waals surface area contributed by atoms with Crippen molar-refractivity contribution in [3.05, 3.63) is 12.2 Å². The molecule has 0 aliphatic heterocycles. The van der Waals surface area contributed by atoms with Gasteiger partial charge in [0, 0.05) is 0 Å². The Balaban J connectivity index is 4.02. The van der Waals surface area contributed by atoms with Gasteiger partial charge in [-0.25, -0.2) is 0 Å². The molecule has 0 aliphatic rings. The molecule has 0 spiro atoms. The van der Waals surface area contributed by atoms with E-state index in [9.17, 15) is 4.79 Å². The van der Waals surface area contributed by atoms with Crippen molar-refractivity contribution >= 4 is 5.97 Å². The Hall–Kier alpha value is -0.790. The quantitative estimate of drug-likeness (QED) is 0.485. The van der Waals surface area contributed by atoms with Crippen LogP contribution in [0.15, 0.2) is 12.2 Å². The van der Waals surface area contributed by atoms with Gasteiger partial charge in [-0.1, -0.05) is 26.0 Å². The summed E-state index contributed by atoms with van der Waals surface area (Å²) in [6, 6.07) is 0. The van der Waals surface area contributed by atoms with E-state index in [1.807, 2.05) is 19.9 Å². The summed E-state index contributed by atoms with van der Waals surface area (Å²) in [5.74, 6) is 0.698. The Morgan fingerprint density at radius 3 is 2.46 bits per heavy atom. The third-order valence-electron chi connectivity index (χ3n) is 2.00. The second-order valence-corrected chi connectivity index (χ2v) is 3.44. The molecule has 2 heteroatoms. The molecular weight excluding hydrogens is 164 g/mol. The van der Waals surface area contributed by atoms with Crippen LogP contribution in [-0.4, -0.2) is 12.6 Å². The van der Waals surface area contributed by atoms with Crippen LogP contribution in [0.2, 0.25) is 0 Å². The fourth-order valence-electron chi connectivity index (χ4n) is 1.19. The van der Waals surface area contributed by atoms with Crippen molar-refractivity contribution in [2.45, 2.75) is 34.1 Å². The SMILES string of the molecule is C/C=C/C(CC(=O)OCC)C(C)C. The predicted octanol–water partition coefficient (Wildman–Crippen LogP) is 2.79. The summed E-state index contributed by atoms with van der Waals surface area (Å²) in [6.45, 7) is 8.51. The Morgan fingerprint density at radius 1 is 1.46 bits per heavy atom. The van der Waals surface area contributed by atoms with Gasteiger partial charge in [-0.05, 0) is 25.7 Å². The fourth-order valence-corrected chi connectivity index (χ4v) is 1.19. The molecule has 0 fully saturated rings. The van der Waals surface area contributed by atoms with Crippen LogP contribution in [-0.2, 0) is 9.53 Å². The summed E-state index contributed by atoms with van der Waals surface area (Å²) >= 11 is 0. The van der Waals surface area contributed by atoms with Gasteiger partial charge in [0.25, 0.3) is 0 Å². The van der Waals surface area contributed by atoms with Gasteiger partial charge in [-0.3, -0.25) is 4.79 Å². The first-order valence-corrected chi connectivity index (χ1v) is 4.90. The van der Waals surface area contributed by atoms with Gasteiger partial charge in [0.2, 0.25) is 0 Å². The van der Waals surface area contributed by atoms with Crippen LogP contribution in [0.1, 0.15) is 34.1 Å². The lowest BCUT2D eigenvalue weighted by atomic mass is 9.92. The highest BCUT2D eigenvalue weighted by molar-refractivity contribution is 5.69. The number of hydrogen-bond acceptors (Lipinski definition) is 2. The number of rotatable bonds is 5. The van der Waals surface area contributed by atoms with E-state index >= 15 is 0 Å². The molecule has 0 saturated carbocycles. The van der Waals surface area contributed by atoms with Crippen LogP contribution in [0.3, 0.4) is 0 Å². The lowest BCUT2D eigenvalue weighted by Crippen LogP contribution is -2.14. The highest BCUT2D eigenvalue weighted by atomic mass is 16.5. The van der Waals surface area contributed by atoms with Crippen LogP contribution in [0.4, 0.5) is 0 Å². The first-order valence-electron chi connectivity index (χ1n) is 4.90. The second-order valence-electron chi connectivity index (χ2n) is 3.44.